The standard InChI is InChI=1S/C12H7N3O2/c13-5-9-6-15-11(7-14-9)12(17)8-1-3-10(16)4-2-8/h1-4,6-7,16H. The number of phenolic OH excluding ortho intramolecular Hbond substituents is 1. The van der Waals surface area contributed by atoms with Crippen LogP contribution in [0.4, 0.5) is 0 Å². The third kappa shape index (κ3) is 2.26. The van der Waals surface area contributed by atoms with Crippen molar-refractivity contribution < 1.29 is 9.90 Å². The van der Waals surface area contributed by atoms with E-state index in [4.69, 9.17) is 10.4 Å². The van der Waals surface area contributed by atoms with Crippen molar-refractivity contribution >= 4 is 5.78 Å². The number of nitriles is 1. The third-order valence-corrected chi connectivity index (χ3v) is 2.13. The number of ketones is 1. The molecule has 0 saturated carbocycles. The zero-order valence-corrected chi connectivity index (χ0v) is 8.66. The van der Waals surface area contributed by atoms with Crippen molar-refractivity contribution in [3.05, 3.63) is 53.6 Å². The zero-order chi connectivity index (χ0) is 12.3. The highest BCUT2D eigenvalue weighted by molar-refractivity contribution is 6.07. The van der Waals surface area contributed by atoms with Gasteiger partial charge in [0.25, 0.3) is 0 Å². The summed E-state index contributed by atoms with van der Waals surface area (Å²) in [7, 11) is 0. The van der Waals surface area contributed by atoms with Crippen LogP contribution in [0.15, 0.2) is 36.7 Å². The van der Waals surface area contributed by atoms with Gasteiger partial charge in [0.2, 0.25) is 5.78 Å². The van der Waals surface area contributed by atoms with Gasteiger partial charge >= 0.3 is 0 Å². The first-order valence-electron chi connectivity index (χ1n) is 4.76. The van der Waals surface area contributed by atoms with Crippen LogP contribution < -0.4 is 0 Å². The van der Waals surface area contributed by atoms with Gasteiger partial charge < -0.3 is 5.11 Å². The van der Waals surface area contributed by atoms with Gasteiger partial charge in [-0.25, -0.2) is 9.97 Å². The molecule has 2 aromatic rings. The second-order valence-corrected chi connectivity index (χ2v) is 3.27. The molecule has 1 heterocycles. The highest BCUT2D eigenvalue weighted by Gasteiger charge is 2.10. The molecule has 17 heavy (non-hydrogen) atoms. The van der Waals surface area contributed by atoms with E-state index in [0.717, 1.165) is 0 Å². The number of hydrogen-bond acceptors (Lipinski definition) is 5. The molecule has 0 amide bonds. The molecular weight excluding hydrogens is 218 g/mol. The Morgan fingerprint density at radius 1 is 1.18 bits per heavy atom. The van der Waals surface area contributed by atoms with Crippen LogP contribution >= 0.6 is 0 Å². The monoisotopic (exact) mass is 225 g/mol. The average molecular weight is 225 g/mol. The fourth-order valence-electron chi connectivity index (χ4n) is 1.26. The quantitative estimate of drug-likeness (QED) is 0.778. The summed E-state index contributed by atoms with van der Waals surface area (Å²) in [6, 6.07) is 7.66. The van der Waals surface area contributed by atoms with Gasteiger partial charge in [0.1, 0.15) is 17.5 Å². The number of aromatic hydroxyl groups is 1. The molecule has 0 spiro atoms. The molecule has 0 radical (unpaired) electrons. The van der Waals surface area contributed by atoms with E-state index in [9.17, 15) is 4.79 Å². The molecule has 0 bridgehead atoms. The summed E-state index contributed by atoms with van der Waals surface area (Å²) in [5.41, 5.74) is 0.726. The molecule has 0 aliphatic rings. The van der Waals surface area contributed by atoms with E-state index >= 15 is 0 Å². The Hall–Kier alpha value is -2.74. The highest BCUT2D eigenvalue weighted by atomic mass is 16.3. The number of nitrogens with zero attached hydrogens (tertiary/aromatic N) is 3. The van der Waals surface area contributed by atoms with Crippen molar-refractivity contribution in [2.45, 2.75) is 0 Å². The van der Waals surface area contributed by atoms with E-state index in [1.54, 1.807) is 0 Å². The summed E-state index contributed by atoms with van der Waals surface area (Å²) in [5, 5.41) is 17.7. The molecule has 5 heteroatoms. The van der Waals surface area contributed by atoms with Gasteiger partial charge in [0.15, 0.2) is 5.69 Å². The molecule has 82 valence electrons. The van der Waals surface area contributed by atoms with Gasteiger partial charge in [-0.1, -0.05) is 0 Å². The third-order valence-electron chi connectivity index (χ3n) is 2.13. The van der Waals surface area contributed by atoms with E-state index in [1.165, 1.54) is 36.7 Å². The average Bonchev–Trinajstić information content (AvgIpc) is 2.39. The van der Waals surface area contributed by atoms with E-state index in [-0.39, 0.29) is 22.9 Å². The number of hydrogen-bond donors (Lipinski definition) is 1. The molecule has 5 nitrogen and oxygen atoms in total. The van der Waals surface area contributed by atoms with Crippen molar-refractivity contribution in [3.63, 3.8) is 0 Å². The SMILES string of the molecule is N#Cc1cnc(C(=O)c2ccc(O)cc2)cn1. The lowest BCUT2D eigenvalue weighted by Gasteiger charge is -2.00. The molecule has 1 aromatic carbocycles. The van der Waals surface area contributed by atoms with Crippen LogP contribution in [0, 0.1) is 11.3 Å². The predicted octanol–water partition coefficient (Wildman–Crippen LogP) is 1.28. The Bertz CT molecular complexity index is 583. The number of rotatable bonds is 2. The summed E-state index contributed by atoms with van der Waals surface area (Å²) in [6.45, 7) is 0. The number of aromatic nitrogens is 2. The maximum atomic E-state index is 11.9. The highest BCUT2D eigenvalue weighted by Crippen LogP contribution is 2.12. The molecule has 1 aromatic heterocycles. The van der Waals surface area contributed by atoms with Gasteiger partial charge in [0, 0.05) is 5.56 Å². The molecule has 0 aliphatic heterocycles. The van der Waals surface area contributed by atoms with Crippen LogP contribution in [0.5, 0.6) is 5.75 Å². The number of carbonyl (C=O) groups excluding carboxylic acids is 1. The molecule has 0 atom stereocenters. The lowest BCUT2D eigenvalue weighted by atomic mass is 10.1. The first-order valence-corrected chi connectivity index (χ1v) is 4.76. The minimum atomic E-state index is -0.304. The van der Waals surface area contributed by atoms with Gasteiger partial charge in [-0.2, -0.15) is 5.26 Å². The lowest BCUT2D eigenvalue weighted by Crippen LogP contribution is -2.04. The van der Waals surface area contributed by atoms with Crippen LogP contribution in [0.25, 0.3) is 0 Å². The van der Waals surface area contributed by atoms with E-state index in [1.807, 2.05) is 6.07 Å². The zero-order valence-electron chi connectivity index (χ0n) is 8.66. The summed E-state index contributed by atoms with van der Waals surface area (Å²) >= 11 is 0. The molecule has 0 aliphatic carbocycles. The van der Waals surface area contributed by atoms with E-state index < -0.39 is 0 Å². The van der Waals surface area contributed by atoms with E-state index in [2.05, 4.69) is 9.97 Å². The largest absolute Gasteiger partial charge is 0.508 e. The number of phenols is 1. The van der Waals surface area contributed by atoms with Crippen molar-refractivity contribution in [2.75, 3.05) is 0 Å². The van der Waals surface area contributed by atoms with Crippen LogP contribution in [0.3, 0.4) is 0 Å². The van der Waals surface area contributed by atoms with Crippen LogP contribution in [0.2, 0.25) is 0 Å². The Morgan fingerprint density at radius 3 is 2.41 bits per heavy atom. The summed E-state index contributed by atoms with van der Waals surface area (Å²) in [5.74, 6) is -0.213. The second-order valence-electron chi connectivity index (χ2n) is 3.27. The maximum absolute atomic E-state index is 11.9. The van der Waals surface area contributed by atoms with Crippen LogP contribution in [0.1, 0.15) is 21.7 Å². The maximum Gasteiger partial charge on any atom is 0.212 e. The van der Waals surface area contributed by atoms with Crippen molar-refractivity contribution in [2.24, 2.45) is 0 Å². The second kappa shape index (κ2) is 4.41. The molecular formula is C12H7N3O2. The summed E-state index contributed by atoms with van der Waals surface area (Å²) in [4.78, 5) is 19.5. The van der Waals surface area contributed by atoms with Gasteiger partial charge in [-0.05, 0) is 24.3 Å². The topological polar surface area (TPSA) is 86.9 Å². The minimum absolute atomic E-state index is 0.0902. The van der Waals surface area contributed by atoms with E-state index in [0.29, 0.717) is 5.56 Å². The van der Waals surface area contributed by atoms with Crippen LogP contribution in [-0.2, 0) is 0 Å². The molecule has 2 rings (SSSR count). The van der Waals surface area contributed by atoms with Crippen molar-refractivity contribution in [1.29, 1.82) is 5.26 Å². The number of carbonyl (C=O) groups is 1. The lowest BCUT2D eigenvalue weighted by molar-refractivity contribution is 0.103. The first-order chi connectivity index (χ1) is 8.20. The van der Waals surface area contributed by atoms with Gasteiger partial charge in [-0.3, -0.25) is 4.79 Å². The first kappa shape index (κ1) is 10.8. The normalized spacial score (nSPS) is 9.59. The Kier molecular flexibility index (Phi) is 2.79. The molecule has 1 N–H and O–H groups in total. The summed E-state index contributed by atoms with van der Waals surface area (Å²) in [6.07, 6.45) is 2.50. The summed E-state index contributed by atoms with van der Waals surface area (Å²) < 4.78 is 0. The smallest absolute Gasteiger partial charge is 0.212 e. The fraction of sp³-hybridized carbons (Fsp3) is 0. The molecule has 0 fully saturated rings. The predicted molar refractivity (Wildman–Crippen MR) is 58.3 cm³/mol. The Balaban J connectivity index is 2.31. The minimum Gasteiger partial charge on any atom is -0.508 e. The van der Waals surface area contributed by atoms with Crippen molar-refractivity contribution in [1.82, 2.24) is 9.97 Å². The van der Waals surface area contributed by atoms with Crippen molar-refractivity contribution in [3.8, 4) is 11.8 Å². The van der Waals surface area contributed by atoms with Gasteiger partial charge in [0.05, 0.1) is 12.4 Å². The molecule has 0 unspecified atom stereocenters. The Labute approximate surface area is 97.0 Å². The Morgan fingerprint density at radius 2 is 1.88 bits per heavy atom. The number of benzene rings is 1. The fourth-order valence-corrected chi connectivity index (χ4v) is 1.26. The molecule has 0 saturated heterocycles. The van der Waals surface area contributed by atoms with Gasteiger partial charge in [-0.15, -0.1) is 0 Å². The van der Waals surface area contributed by atoms with Crippen LogP contribution in [-0.4, -0.2) is 20.9 Å².